The standard InChI is InChI=1S/C37H34N2O4/c1-35(2)42-31-21-36(27-17-9-11-19-29(27)38(33(36)40)23-25-13-5-3-6-14-25)37(22-32(31)43-35)28-18-10-12-20-30(28)39(34(37)41)24-26-15-7-4-8-16-26/h3-20,31-32H,21-24H2,1-2H3/t31-,32-,36+,37+/m0/s1. The molecule has 6 heteroatoms. The fraction of sp³-hybridized carbons (Fsp3) is 0.297. The number of para-hydroxylation sites is 2. The predicted molar refractivity (Wildman–Crippen MR) is 165 cm³/mol. The lowest BCUT2D eigenvalue weighted by Crippen LogP contribution is -2.65. The van der Waals surface area contributed by atoms with E-state index in [-0.39, 0.29) is 24.0 Å². The molecule has 3 heterocycles. The minimum atomic E-state index is -1.16. The van der Waals surface area contributed by atoms with E-state index in [1.807, 2.05) is 121 Å². The average molecular weight is 571 g/mol. The van der Waals surface area contributed by atoms with Gasteiger partial charge in [0.2, 0.25) is 11.8 Å². The van der Waals surface area contributed by atoms with Gasteiger partial charge in [0.1, 0.15) is 0 Å². The van der Waals surface area contributed by atoms with Gasteiger partial charge in [0.25, 0.3) is 0 Å². The van der Waals surface area contributed by atoms with E-state index in [0.717, 1.165) is 33.6 Å². The Hall–Kier alpha value is -4.26. The van der Waals surface area contributed by atoms with E-state index >= 15 is 9.59 Å². The summed E-state index contributed by atoms with van der Waals surface area (Å²) >= 11 is 0. The van der Waals surface area contributed by atoms with Crippen LogP contribution in [0, 0.1) is 0 Å². The van der Waals surface area contributed by atoms with Crippen molar-refractivity contribution in [1.82, 2.24) is 0 Å². The minimum absolute atomic E-state index is 0.0472. The van der Waals surface area contributed by atoms with Crippen LogP contribution in [0.25, 0.3) is 0 Å². The van der Waals surface area contributed by atoms with Crippen LogP contribution >= 0.6 is 0 Å². The first kappa shape index (κ1) is 26.4. The lowest BCUT2D eigenvalue weighted by Gasteiger charge is -2.50. The van der Waals surface area contributed by atoms with Crippen LogP contribution in [0.4, 0.5) is 11.4 Å². The van der Waals surface area contributed by atoms with E-state index in [2.05, 4.69) is 12.1 Å². The Labute approximate surface area is 251 Å². The summed E-state index contributed by atoms with van der Waals surface area (Å²) in [6.45, 7) is 4.69. The van der Waals surface area contributed by atoms with Crippen molar-refractivity contribution in [3.8, 4) is 0 Å². The van der Waals surface area contributed by atoms with Crippen LogP contribution in [0.3, 0.4) is 0 Å². The fourth-order valence-electron chi connectivity index (χ4n) is 8.32. The summed E-state index contributed by atoms with van der Waals surface area (Å²) in [6, 6.07) is 36.2. The first-order valence-electron chi connectivity index (χ1n) is 15.1. The highest BCUT2D eigenvalue weighted by atomic mass is 16.8. The fourth-order valence-corrected chi connectivity index (χ4v) is 8.32. The summed E-state index contributed by atoms with van der Waals surface area (Å²) in [5.41, 5.74) is 3.26. The van der Waals surface area contributed by atoms with Crippen LogP contribution in [0.1, 0.15) is 48.9 Å². The number of fused-ring (bicyclic) bond motifs is 6. The topological polar surface area (TPSA) is 59.1 Å². The van der Waals surface area contributed by atoms with Crippen molar-refractivity contribution in [2.45, 2.75) is 68.6 Å². The summed E-state index contributed by atoms with van der Waals surface area (Å²) in [6.07, 6.45) is 0.0815. The molecule has 6 nitrogen and oxygen atoms in total. The molecule has 3 aliphatic heterocycles. The van der Waals surface area contributed by atoms with Gasteiger partial charge in [-0.1, -0.05) is 97.1 Å². The van der Waals surface area contributed by atoms with Gasteiger partial charge in [-0.15, -0.1) is 0 Å². The summed E-state index contributed by atoms with van der Waals surface area (Å²) < 4.78 is 13.0. The maximum atomic E-state index is 15.3. The highest BCUT2D eigenvalue weighted by Crippen LogP contribution is 2.66. The second-order valence-corrected chi connectivity index (χ2v) is 12.7. The van der Waals surface area contributed by atoms with Crippen LogP contribution in [-0.2, 0) is 43.0 Å². The lowest BCUT2D eigenvalue weighted by molar-refractivity contribution is -0.146. The molecule has 4 aliphatic rings. The molecule has 1 saturated heterocycles. The molecular weight excluding hydrogens is 536 g/mol. The van der Waals surface area contributed by atoms with Gasteiger partial charge in [0.15, 0.2) is 5.79 Å². The molecule has 4 aromatic rings. The van der Waals surface area contributed by atoms with Crippen molar-refractivity contribution in [1.29, 1.82) is 0 Å². The molecule has 8 rings (SSSR count). The van der Waals surface area contributed by atoms with Crippen molar-refractivity contribution in [3.05, 3.63) is 131 Å². The number of ether oxygens (including phenoxy) is 2. The Morgan fingerprint density at radius 3 is 1.37 bits per heavy atom. The molecule has 43 heavy (non-hydrogen) atoms. The van der Waals surface area contributed by atoms with E-state index in [4.69, 9.17) is 9.47 Å². The maximum absolute atomic E-state index is 15.3. The van der Waals surface area contributed by atoms with Crippen LogP contribution < -0.4 is 9.80 Å². The van der Waals surface area contributed by atoms with Crippen molar-refractivity contribution in [2.75, 3.05) is 9.80 Å². The van der Waals surface area contributed by atoms with Crippen LogP contribution in [0.5, 0.6) is 0 Å². The van der Waals surface area contributed by atoms with Gasteiger partial charge in [-0.2, -0.15) is 0 Å². The third-order valence-electron chi connectivity index (χ3n) is 9.93. The zero-order chi connectivity index (χ0) is 29.4. The summed E-state index contributed by atoms with van der Waals surface area (Å²) in [7, 11) is 0. The number of anilines is 2. The minimum Gasteiger partial charge on any atom is -0.345 e. The van der Waals surface area contributed by atoms with Gasteiger partial charge in [0, 0.05) is 11.4 Å². The second-order valence-electron chi connectivity index (χ2n) is 12.7. The largest absolute Gasteiger partial charge is 0.345 e. The Balaban J connectivity index is 1.36. The average Bonchev–Trinajstić information content (AvgIpc) is 3.54. The van der Waals surface area contributed by atoms with Crippen molar-refractivity contribution >= 4 is 23.2 Å². The number of hydrogen-bond donors (Lipinski definition) is 0. The van der Waals surface area contributed by atoms with Gasteiger partial charge in [-0.05, 0) is 61.1 Å². The zero-order valence-corrected chi connectivity index (χ0v) is 24.4. The number of hydrogen-bond acceptors (Lipinski definition) is 4. The molecule has 2 amide bonds. The van der Waals surface area contributed by atoms with Crippen molar-refractivity contribution < 1.29 is 19.1 Å². The Kier molecular flexibility index (Phi) is 5.75. The number of carbonyl (C=O) groups excluding carboxylic acids is 2. The Morgan fingerprint density at radius 2 is 0.953 bits per heavy atom. The van der Waals surface area contributed by atoms with E-state index in [1.165, 1.54) is 0 Å². The maximum Gasteiger partial charge on any atom is 0.239 e. The molecule has 4 atom stereocenters. The number of carbonyl (C=O) groups is 2. The van der Waals surface area contributed by atoms with Gasteiger partial charge in [-0.3, -0.25) is 9.59 Å². The van der Waals surface area contributed by atoms with Crippen molar-refractivity contribution in [2.24, 2.45) is 0 Å². The first-order valence-corrected chi connectivity index (χ1v) is 15.1. The zero-order valence-electron chi connectivity index (χ0n) is 24.4. The third kappa shape index (κ3) is 3.66. The molecule has 216 valence electrons. The van der Waals surface area contributed by atoms with Crippen LogP contribution in [-0.4, -0.2) is 29.8 Å². The quantitative estimate of drug-likeness (QED) is 0.290. The predicted octanol–water partition coefficient (Wildman–Crippen LogP) is 6.27. The summed E-state index contributed by atoms with van der Waals surface area (Å²) in [4.78, 5) is 34.5. The highest BCUT2D eigenvalue weighted by molar-refractivity contribution is 6.19. The molecule has 2 spiro atoms. The number of rotatable bonds is 4. The van der Waals surface area contributed by atoms with Gasteiger partial charge in [0.05, 0.1) is 36.1 Å². The van der Waals surface area contributed by atoms with E-state index in [9.17, 15) is 0 Å². The van der Waals surface area contributed by atoms with Gasteiger partial charge >= 0.3 is 0 Å². The molecule has 2 fully saturated rings. The molecule has 0 N–H and O–H groups in total. The number of benzene rings is 4. The molecule has 0 unspecified atom stereocenters. The molecule has 1 saturated carbocycles. The van der Waals surface area contributed by atoms with Gasteiger partial charge in [-0.25, -0.2) is 0 Å². The molecule has 0 aromatic heterocycles. The molecule has 0 radical (unpaired) electrons. The smallest absolute Gasteiger partial charge is 0.239 e. The van der Waals surface area contributed by atoms with Crippen LogP contribution in [0.2, 0.25) is 0 Å². The Bertz CT molecular complexity index is 1610. The monoisotopic (exact) mass is 570 g/mol. The SMILES string of the molecule is CC1(C)O[C@H]2C[C@@]3(C(=O)N(Cc4ccccc4)c4ccccc43)[C@@]3(C[C@@H]2O1)C(=O)N(Cc1ccccc1)c1ccccc13. The lowest BCUT2D eigenvalue weighted by atomic mass is 9.50. The molecule has 1 aliphatic carbocycles. The number of nitrogens with zero attached hydrogens (tertiary/aromatic N) is 2. The molecular formula is C37H34N2O4. The van der Waals surface area contributed by atoms with Gasteiger partial charge < -0.3 is 19.3 Å². The Morgan fingerprint density at radius 1 is 0.581 bits per heavy atom. The third-order valence-corrected chi connectivity index (χ3v) is 9.93. The second kappa shape index (κ2) is 9.37. The normalized spacial score (nSPS) is 28.4. The highest BCUT2D eigenvalue weighted by Gasteiger charge is 2.75. The molecule has 4 aromatic carbocycles. The number of amides is 2. The van der Waals surface area contributed by atoms with E-state index < -0.39 is 16.6 Å². The summed E-state index contributed by atoms with van der Waals surface area (Å²) in [5.74, 6) is -0.902. The van der Waals surface area contributed by atoms with Crippen LogP contribution in [0.15, 0.2) is 109 Å². The van der Waals surface area contributed by atoms with E-state index in [1.54, 1.807) is 0 Å². The van der Waals surface area contributed by atoms with E-state index in [0.29, 0.717) is 25.9 Å². The van der Waals surface area contributed by atoms with Crippen molar-refractivity contribution in [3.63, 3.8) is 0 Å². The summed E-state index contributed by atoms with van der Waals surface area (Å²) in [5, 5.41) is 0. The first-order chi connectivity index (χ1) is 20.8. The molecule has 0 bridgehead atoms.